The Morgan fingerprint density at radius 2 is 1.68 bits per heavy atom. The Kier molecular flexibility index (Phi) is 6.25. The molecule has 0 saturated heterocycles. The third kappa shape index (κ3) is 4.95. The van der Waals surface area contributed by atoms with Crippen molar-refractivity contribution in [2.45, 2.75) is 25.7 Å². The molecule has 0 unspecified atom stereocenters. The number of hydrogen-bond donors (Lipinski definition) is 0. The molecule has 0 radical (unpaired) electrons. The van der Waals surface area contributed by atoms with Gasteiger partial charge in [-0.25, -0.2) is 22.8 Å². The number of rotatable bonds is 5. The normalized spacial score (nSPS) is 11.7. The van der Waals surface area contributed by atoms with E-state index >= 15 is 0 Å². The predicted octanol–water partition coefficient (Wildman–Crippen LogP) is 6.98. The van der Waals surface area contributed by atoms with Gasteiger partial charge in [0.25, 0.3) is 0 Å². The molecule has 0 fully saturated rings. The summed E-state index contributed by atoms with van der Waals surface area (Å²) in [5.41, 5.74) is 4.80. The van der Waals surface area contributed by atoms with Crippen LogP contribution in [-0.2, 0) is 9.84 Å². The fourth-order valence-corrected chi connectivity index (χ4v) is 5.26. The first-order valence-electron chi connectivity index (χ1n) is 11.4. The molecule has 0 N–H and O–H groups in total. The number of nitrogens with zero attached hydrogens (tertiary/aromatic N) is 3. The van der Waals surface area contributed by atoms with E-state index in [0.717, 1.165) is 28.3 Å². The number of aryl methyl sites for hydroxylation is 3. The van der Waals surface area contributed by atoms with Gasteiger partial charge in [-0.3, -0.25) is 0 Å². The van der Waals surface area contributed by atoms with Gasteiger partial charge in [0.05, 0.1) is 16.3 Å². The zero-order valence-electron chi connectivity index (χ0n) is 20.6. The van der Waals surface area contributed by atoms with Gasteiger partial charge in [-0.1, -0.05) is 29.8 Å². The summed E-state index contributed by atoms with van der Waals surface area (Å²) in [5.74, 6) is 1.06. The molecule has 0 aliphatic carbocycles. The highest BCUT2D eigenvalue weighted by Gasteiger charge is 2.22. The van der Waals surface area contributed by atoms with Gasteiger partial charge in [0.15, 0.2) is 21.5 Å². The minimum Gasteiger partial charge on any atom is -0.440 e. The van der Waals surface area contributed by atoms with Crippen LogP contribution in [0.4, 0.5) is 4.39 Å². The van der Waals surface area contributed by atoms with Crippen molar-refractivity contribution in [1.82, 2.24) is 14.5 Å². The smallest absolute Gasteiger partial charge is 0.192 e. The number of hydrogen-bond acceptors (Lipinski definition) is 5. The average molecular weight is 536 g/mol. The van der Waals surface area contributed by atoms with E-state index in [4.69, 9.17) is 16.0 Å². The van der Waals surface area contributed by atoms with Crippen molar-refractivity contribution in [2.75, 3.05) is 6.26 Å². The second-order valence-corrected chi connectivity index (χ2v) is 11.4. The first kappa shape index (κ1) is 24.9. The van der Waals surface area contributed by atoms with Crippen molar-refractivity contribution in [3.05, 3.63) is 95.1 Å². The summed E-state index contributed by atoms with van der Waals surface area (Å²) in [5, 5.41) is 0.239. The fourth-order valence-electron chi connectivity index (χ4n) is 4.37. The van der Waals surface area contributed by atoms with Gasteiger partial charge in [0.2, 0.25) is 0 Å². The lowest BCUT2D eigenvalue weighted by molar-refractivity contribution is 0.533. The molecule has 5 aromatic rings. The third-order valence-electron chi connectivity index (χ3n) is 5.97. The molecule has 2 aromatic heterocycles. The summed E-state index contributed by atoms with van der Waals surface area (Å²) in [6.07, 6.45) is 3.10. The topological polar surface area (TPSA) is 78.0 Å². The zero-order valence-corrected chi connectivity index (χ0v) is 22.2. The van der Waals surface area contributed by atoms with Gasteiger partial charge in [-0.05, 0) is 67.4 Å². The van der Waals surface area contributed by atoms with Crippen LogP contribution in [0, 0.1) is 26.6 Å². The summed E-state index contributed by atoms with van der Waals surface area (Å²) in [6.45, 7) is 5.54. The monoisotopic (exact) mass is 535 g/mol. The van der Waals surface area contributed by atoms with Crippen LogP contribution in [0.3, 0.4) is 0 Å². The van der Waals surface area contributed by atoms with E-state index in [-0.39, 0.29) is 9.92 Å². The van der Waals surface area contributed by atoms with Crippen LogP contribution < -0.4 is 0 Å². The van der Waals surface area contributed by atoms with Crippen molar-refractivity contribution >= 4 is 21.4 Å². The van der Waals surface area contributed by atoms with Crippen LogP contribution in [0.25, 0.3) is 39.4 Å². The Bertz CT molecular complexity index is 1750. The molecule has 5 rings (SSSR count). The molecule has 6 nitrogen and oxygen atoms in total. The quantitative estimate of drug-likeness (QED) is 0.242. The van der Waals surface area contributed by atoms with Crippen molar-refractivity contribution in [1.29, 1.82) is 0 Å². The molecule has 0 spiro atoms. The molecular weight excluding hydrogens is 513 g/mol. The molecule has 0 aliphatic rings. The number of halogens is 2. The number of sulfone groups is 1. The fraction of sp³-hybridized carbons (Fsp3) is 0.143. The molecule has 3 aromatic carbocycles. The molecule has 0 amide bonds. The maximum absolute atomic E-state index is 14.3. The minimum atomic E-state index is -3.38. The minimum absolute atomic E-state index is 0.226. The standard InChI is InChI=1S/C28H23ClFN3O3S/c1-16-15-33(17(2)31-16)26-9-8-20(19-6-5-7-24(12-19)37(4,34)35)13-25(26)27-28(36-18(3)32-27)21-10-22(29)14-23(30)11-21/h5-15H,1-4H3. The number of imidazole rings is 1. The van der Waals surface area contributed by atoms with Crippen molar-refractivity contribution in [3.63, 3.8) is 0 Å². The van der Waals surface area contributed by atoms with Crippen LogP contribution in [0.15, 0.2) is 76.2 Å². The van der Waals surface area contributed by atoms with Crippen LogP contribution in [0.1, 0.15) is 17.4 Å². The van der Waals surface area contributed by atoms with Gasteiger partial charge >= 0.3 is 0 Å². The van der Waals surface area contributed by atoms with Crippen LogP contribution in [0.5, 0.6) is 0 Å². The molecular formula is C28H23ClFN3O3S. The van der Waals surface area contributed by atoms with Gasteiger partial charge in [-0.2, -0.15) is 0 Å². The highest BCUT2D eigenvalue weighted by Crippen LogP contribution is 2.39. The first-order chi connectivity index (χ1) is 17.5. The molecule has 9 heteroatoms. The van der Waals surface area contributed by atoms with Crippen molar-refractivity contribution in [2.24, 2.45) is 0 Å². The van der Waals surface area contributed by atoms with Gasteiger partial charge in [-0.15, -0.1) is 0 Å². The van der Waals surface area contributed by atoms with E-state index in [2.05, 4.69) is 9.97 Å². The first-order valence-corrected chi connectivity index (χ1v) is 13.7. The molecule has 2 heterocycles. The lowest BCUT2D eigenvalue weighted by Crippen LogP contribution is -2.00. The van der Waals surface area contributed by atoms with E-state index in [9.17, 15) is 12.8 Å². The van der Waals surface area contributed by atoms with Crippen LogP contribution in [0.2, 0.25) is 5.02 Å². The summed E-state index contributed by atoms with van der Waals surface area (Å²) in [7, 11) is -3.38. The summed E-state index contributed by atoms with van der Waals surface area (Å²) < 4.78 is 46.5. The zero-order chi connectivity index (χ0) is 26.5. The Morgan fingerprint density at radius 3 is 2.35 bits per heavy atom. The highest BCUT2D eigenvalue weighted by molar-refractivity contribution is 7.90. The SMILES string of the molecule is Cc1cn(-c2ccc(-c3cccc(S(C)(=O)=O)c3)cc2-c2nc(C)oc2-c2cc(F)cc(Cl)c2)c(C)n1. The van der Waals surface area contributed by atoms with E-state index < -0.39 is 15.7 Å². The van der Waals surface area contributed by atoms with E-state index in [1.807, 2.05) is 48.9 Å². The van der Waals surface area contributed by atoms with Crippen molar-refractivity contribution < 1.29 is 17.2 Å². The Morgan fingerprint density at radius 1 is 0.919 bits per heavy atom. The summed E-state index contributed by atoms with van der Waals surface area (Å²) >= 11 is 6.15. The largest absolute Gasteiger partial charge is 0.440 e. The second kappa shape index (κ2) is 9.28. The predicted molar refractivity (Wildman–Crippen MR) is 142 cm³/mol. The van der Waals surface area contributed by atoms with Gasteiger partial charge in [0.1, 0.15) is 17.3 Å². The second-order valence-electron chi connectivity index (χ2n) is 8.90. The van der Waals surface area contributed by atoms with Crippen LogP contribution >= 0.6 is 11.6 Å². The summed E-state index contributed by atoms with van der Waals surface area (Å²) in [6, 6.07) is 16.7. The summed E-state index contributed by atoms with van der Waals surface area (Å²) in [4.78, 5) is 9.43. The van der Waals surface area contributed by atoms with Gasteiger partial charge < -0.3 is 8.98 Å². The Hall–Kier alpha value is -3.75. The van der Waals surface area contributed by atoms with Gasteiger partial charge in [0, 0.05) is 35.5 Å². The maximum Gasteiger partial charge on any atom is 0.192 e. The number of oxazole rings is 1. The molecule has 188 valence electrons. The molecule has 37 heavy (non-hydrogen) atoms. The third-order valence-corrected chi connectivity index (χ3v) is 7.30. The maximum atomic E-state index is 14.3. The lowest BCUT2D eigenvalue weighted by atomic mass is 9.98. The number of aromatic nitrogens is 3. The van der Waals surface area contributed by atoms with Crippen LogP contribution in [-0.4, -0.2) is 29.2 Å². The van der Waals surface area contributed by atoms with E-state index in [1.54, 1.807) is 31.2 Å². The van der Waals surface area contributed by atoms with E-state index in [1.165, 1.54) is 18.4 Å². The van der Waals surface area contributed by atoms with Crippen molar-refractivity contribution in [3.8, 4) is 39.4 Å². The molecule has 0 atom stereocenters. The molecule has 0 aliphatic heterocycles. The average Bonchev–Trinajstić information content (AvgIpc) is 3.38. The van der Waals surface area contributed by atoms with E-state index in [0.29, 0.717) is 28.5 Å². The highest BCUT2D eigenvalue weighted by atomic mass is 35.5. The Labute approximate surface area is 219 Å². The number of benzene rings is 3. The Balaban J connectivity index is 1.78. The molecule has 0 saturated carbocycles. The molecule has 0 bridgehead atoms. The lowest BCUT2D eigenvalue weighted by Gasteiger charge is -2.14.